The van der Waals surface area contributed by atoms with Gasteiger partial charge in [0, 0.05) is 34.2 Å². The lowest BCUT2D eigenvalue weighted by molar-refractivity contribution is 0.262. The summed E-state index contributed by atoms with van der Waals surface area (Å²) in [5.41, 5.74) is 1.17. The van der Waals surface area contributed by atoms with E-state index in [1.54, 1.807) is 11.8 Å². The molecule has 2 aromatic rings. The van der Waals surface area contributed by atoms with Crippen molar-refractivity contribution in [3.63, 3.8) is 0 Å². The number of thioether (sulfide) groups is 1. The van der Waals surface area contributed by atoms with Crippen LogP contribution < -0.4 is 15.4 Å². The summed E-state index contributed by atoms with van der Waals surface area (Å²) >= 11 is 13.1. The summed E-state index contributed by atoms with van der Waals surface area (Å²) in [7, 11) is 0. The quantitative estimate of drug-likeness (QED) is 0.457. The number of ether oxygens (including phenoxy) is 1. The van der Waals surface area contributed by atoms with Crippen LogP contribution in [0.1, 0.15) is 18.0 Å². The van der Waals surface area contributed by atoms with Gasteiger partial charge in [-0.05, 0) is 42.5 Å². The number of halogens is 1. The number of hydrogen-bond acceptors (Lipinski definition) is 3. The molecule has 1 atom stereocenters. The van der Waals surface area contributed by atoms with Crippen molar-refractivity contribution in [2.75, 3.05) is 18.9 Å². The third kappa shape index (κ3) is 4.79. The number of para-hydroxylation sites is 1. The van der Waals surface area contributed by atoms with Crippen molar-refractivity contribution in [2.24, 2.45) is 0 Å². The van der Waals surface area contributed by atoms with Gasteiger partial charge in [-0.3, -0.25) is 0 Å². The van der Waals surface area contributed by atoms with Crippen LogP contribution in [0.4, 0.5) is 0 Å². The first-order valence-electron chi connectivity index (χ1n) is 7.87. The normalized spacial score (nSPS) is 16.0. The molecule has 1 aliphatic rings. The molecule has 0 fully saturated rings. The van der Waals surface area contributed by atoms with Crippen molar-refractivity contribution in [1.29, 1.82) is 0 Å². The molecule has 0 amide bonds. The van der Waals surface area contributed by atoms with Crippen molar-refractivity contribution in [2.45, 2.75) is 17.4 Å². The highest BCUT2D eigenvalue weighted by molar-refractivity contribution is 7.99. The molecule has 0 aromatic heterocycles. The fraction of sp³-hybridized carbons (Fsp3) is 0.278. The molecule has 0 saturated heterocycles. The Kier molecular flexibility index (Phi) is 6.24. The molecule has 1 aliphatic heterocycles. The molecule has 0 spiro atoms. The van der Waals surface area contributed by atoms with E-state index < -0.39 is 0 Å². The van der Waals surface area contributed by atoms with Crippen LogP contribution in [0.15, 0.2) is 53.4 Å². The SMILES string of the molecule is S=C(NCCSc1ccc(Cl)cc1)N[C@@H]1CCOc2ccccc21. The lowest BCUT2D eigenvalue weighted by Gasteiger charge is -2.27. The first kappa shape index (κ1) is 17.4. The predicted molar refractivity (Wildman–Crippen MR) is 105 cm³/mol. The number of thiocarbonyl (C=S) groups is 1. The zero-order chi connectivity index (χ0) is 16.8. The molecule has 2 aromatic carbocycles. The van der Waals surface area contributed by atoms with Gasteiger partial charge >= 0.3 is 0 Å². The molecule has 126 valence electrons. The summed E-state index contributed by atoms with van der Waals surface area (Å²) in [6.07, 6.45) is 0.915. The first-order chi connectivity index (χ1) is 11.7. The first-order valence-corrected chi connectivity index (χ1v) is 9.64. The van der Waals surface area contributed by atoms with Crippen LogP contribution in [-0.2, 0) is 0 Å². The third-order valence-corrected chi connectivity index (χ3v) is 5.26. The second kappa shape index (κ2) is 8.60. The molecule has 6 heteroatoms. The monoisotopic (exact) mass is 378 g/mol. The largest absolute Gasteiger partial charge is 0.493 e. The number of nitrogens with one attached hydrogen (secondary N) is 2. The maximum absolute atomic E-state index is 5.89. The van der Waals surface area contributed by atoms with E-state index in [-0.39, 0.29) is 6.04 Å². The van der Waals surface area contributed by atoms with Crippen molar-refractivity contribution >= 4 is 40.7 Å². The number of hydrogen-bond donors (Lipinski definition) is 2. The number of benzene rings is 2. The standard InChI is InChI=1S/C18H19ClN2OS2/c19-13-5-7-14(8-6-13)24-12-10-20-18(23)21-16-9-11-22-17-4-2-1-3-15(16)17/h1-8,16H,9-12H2,(H2,20,21,23)/t16-/m1/s1. The summed E-state index contributed by atoms with van der Waals surface area (Å²) < 4.78 is 5.67. The van der Waals surface area contributed by atoms with E-state index in [1.807, 2.05) is 42.5 Å². The van der Waals surface area contributed by atoms with Gasteiger partial charge in [-0.15, -0.1) is 11.8 Å². The molecular weight excluding hydrogens is 360 g/mol. The summed E-state index contributed by atoms with van der Waals surface area (Å²) in [5.74, 6) is 1.88. The zero-order valence-electron chi connectivity index (χ0n) is 13.1. The van der Waals surface area contributed by atoms with Gasteiger partial charge in [-0.2, -0.15) is 0 Å². The van der Waals surface area contributed by atoms with E-state index in [2.05, 4.69) is 16.7 Å². The van der Waals surface area contributed by atoms with Gasteiger partial charge in [0.1, 0.15) is 5.75 Å². The van der Waals surface area contributed by atoms with Crippen molar-refractivity contribution in [3.05, 3.63) is 59.1 Å². The third-order valence-electron chi connectivity index (χ3n) is 3.73. The molecule has 0 aliphatic carbocycles. The van der Waals surface area contributed by atoms with Crippen LogP contribution in [-0.4, -0.2) is 24.0 Å². The summed E-state index contributed by atoms with van der Waals surface area (Å²) in [4.78, 5) is 1.21. The van der Waals surface area contributed by atoms with E-state index in [0.717, 1.165) is 29.5 Å². The average Bonchev–Trinajstić information content (AvgIpc) is 2.61. The molecule has 24 heavy (non-hydrogen) atoms. The van der Waals surface area contributed by atoms with Crippen molar-refractivity contribution in [3.8, 4) is 5.75 Å². The number of rotatable bonds is 5. The van der Waals surface area contributed by atoms with Crippen LogP contribution in [0.5, 0.6) is 5.75 Å². The van der Waals surface area contributed by atoms with Crippen LogP contribution in [0.3, 0.4) is 0 Å². The molecule has 2 N–H and O–H groups in total. The fourth-order valence-corrected chi connectivity index (χ4v) is 3.70. The number of fused-ring (bicyclic) bond motifs is 1. The Hall–Kier alpha value is -1.43. The minimum atomic E-state index is 0.207. The van der Waals surface area contributed by atoms with Gasteiger partial charge in [-0.25, -0.2) is 0 Å². The fourth-order valence-electron chi connectivity index (χ4n) is 2.57. The Bertz CT molecular complexity index is 694. The highest BCUT2D eigenvalue weighted by atomic mass is 35.5. The maximum Gasteiger partial charge on any atom is 0.166 e. The van der Waals surface area contributed by atoms with Gasteiger partial charge in [0.15, 0.2) is 5.11 Å². The Morgan fingerprint density at radius 2 is 2.00 bits per heavy atom. The summed E-state index contributed by atoms with van der Waals surface area (Å²) in [6.45, 7) is 1.52. The molecular formula is C18H19ClN2OS2. The Morgan fingerprint density at radius 1 is 1.21 bits per heavy atom. The van der Waals surface area contributed by atoms with Gasteiger partial charge in [0.25, 0.3) is 0 Å². The molecule has 3 nitrogen and oxygen atoms in total. The molecule has 0 unspecified atom stereocenters. The van der Waals surface area contributed by atoms with E-state index in [1.165, 1.54) is 10.5 Å². The molecule has 0 saturated carbocycles. The van der Waals surface area contributed by atoms with E-state index in [0.29, 0.717) is 11.7 Å². The molecule has 0 radical (unpaired) electrons. The average molecular weight is 379 g/mol. The smallest absolute Gasteiger partial charge is 0.166 e. The summed E-state index contributed by atoms with van der Waals surface area (Å²) in [5, 5.41) is 8.12. The summed E-state index contributed by atoms with van der Waals surface area (Å²) in [6, 6.07) is 16.2. The van der Waals surface area contributed by atoms with E-state index >= 15 is 0 Å². The Labute approximate surface area is 157 Å². The minimum absolute atomic E-state index is 0.207. The maximum atomic E-state index is 5.89. The van der Waals surface area contributed by atoms with Crippen LogP contribution in [0, 0.1) is 0 Å². The zero-order valence-corrected chi connectivity index (χ0v) is 15.5. The molecule has 0 bridgehead atoms. The van der Waals surface area contributed by atoms with Crippen LogP contribution in [0.2, 0.25) is 5.02 Å². The lowest BCUT2D eigenvalue weighted by Crippen LogP contribution is -2.40. The second-order valence-electron chi connectivity index (χ2n) is 5.43. The van der Waals surface area contributed by atoms with Gasteiger partial charge in [-0.1, -0.05) is 29.8 Å². The van der Waals surface area contributed by atoms with Crippen LogP contribution in [0.25, 0.3) is 0 Å². The molecule has 1 heterocycles. The molecule has 3 rings (SSSR count). The second-order valence-corrected chi connectivity index (χ2v) is 7.44. The Balaban J connectivity index is 1.42. The lowest BCUT2D eigenvalue weighted by atomic mass is 10.0. The van der Waals surface area contributed by atoms with E-state index in [9.17, 15) is 0 Å². The highest BCUT2D eigenvalue weighted by Crippen LogP contribution is 2.31. The minimum Gasteiger partial charge on any atom is -0.493 e. The van der Waals surface area contributed by atoms with Gasteiger partial charge in [0.2, 0.25) is 0 Å². The van der Waals surface area contributed by atoms with Crippen molar-refractivity contribution in [1.82, 2.24) is 10.6 Å². The van der Waals surface area contributed by atoms with Gasteiger partial charge in [0.05, 0.1) is 12.6 Å². The Morgan fingerprint density at radius 3 is 2.83 bits per heavy atom. The van der Waals surface area contributed by atoms with Crippen molar-refractivity contribution < 1.29 is 4.74 Å². The highest BCUT2D eigenvalue weighted by Gasteiger charge is 2.21. The van der Waals surface area contributed by atoms with Crippen LogP contribution >= 0.6 is 35.6 Å². The predicted octanol–water partition coefficient (Wildman–Crippen LogP) is 4.42. The van der Waals surface area contributed by atoms with Gasteiger partial charge < -0.3 is 15.4 Å². The topological polar surface area (TPSA) is 33.3 Å². The van der Waals surface area contributed by atoms with E-state index in [4.69, 9.17) is 28.6 Å².